The van der Waals surface area contributed by atoms with Crippen LogP contribution in [0.5, 0.6) is 0 Å². The minimum Gasteiger partial charge on any atom is -0.326 e. The molecule has 0 radical (unpaired) electrons. The molecule has 0 saturated carbocycles. The summed E-state index contributed by atoms with van der Waals surface area (Å²) < 4.78 is 1.85. The fraction of sp³-hybridized carbons (Fsp3) is 0.316. The molecular weight excluding hydrogens is 408 g/mol. The summed E-state index contributed by atoms with van der Waals surface area (Å²) in [6.45, 7) is 6.23. The normalized spacial score (nSPS) is 11.8. The van der Waals surface area contributed by atoms with Gasteiger partial charge in [-0.1, -0.05) is 30.0 Å². The zero-order valence-electron chi connectivity index (χ0n) is 16.4. The van der Waals surface area contributed by atoms with Crippen LogP contribution in [0.25, 0.3) is 0 Å². The van der Waals surface area contributed by atoms with E-state index in [0.717, 1.165) is 11.4 Å². The van der Waals surface area contributed by atoms with Crippen LogP contribution in [0.15, 0.2) is 40.9 Å². The summed E-state index contributed by atoms with van der Waals surface area (Å²) >= 11 is 2.69. The van der Waals surface area contributed by atoms with E-state index in [1.807, 2.05) is 54.1 Å². The maximum Gasteiger partial charge on any atom is 0.239 e. The van der Waals surface area contributed by atoms with Crippen molar-refractivity contribution in [1.82, 2.24) is 19.7 Å². The van der Waals surface area contributed by atoms with E-state index in [-0.39, 0.29) is 23.5 Å². The Labute approximate surface area is 177 Å². The van der Waals surface area contributed by atoms with Gasteiger partial charge in [0, 0.05) is 17.6 Å². The molecule has 2 amide bonds. The second-order valence-corrected chi connectivity index (χ2v) is 8.44. The molecule has 1 atom stereocenters. The molecule has 0 fully saturated rings. The topological polar surface area (TPSA) is 102 Å². The van der Waals surface area contributed by atoms with E-state index >= 15 is 0 Å². The van der Waals surface area contributed by atoms with Crippen molar-refractivity contribution < 1.29 is 9.59 Å². The van der Waals surface area contributed by atoms with Crippen molar-refractivity contribution >= 4 is 45.7 Å². The highest BCUT2D eigenvalue weighted by Gasteiger charge is 2.21. The minimum absolute atomic E-state index is 0.106. The lowest BCUT2D eigenvalue weighted by molar-refractivity contribution is -0.116. The molecule has 2 aromatic heterocycles. The van der Waals surface area contributed by atoms with Crippen molar-refractivity contribution in [2.45, 2.75) is 44.1 Å². The van der Waals surface area contributed by atoms with Crippen LogP contribution in [0, 0.1) is 6.92 Å². The smallest absolute Gasteiger partial charge is 0.239 e. The summed E-state index contributed by atoms with van der Waals surface area (Å²) in [5.74, 6) is 0.241. The Morgan fingerprint density at radius 1 is 1.21 bits per heavy atom. The average Bonchev–Trinajstić information content (AvgIpc) is 3.27. The van der Waals surface area contributed by atoms with E-state index in [1.165, 1.54) is 23.1 Å². The molecule has 0 aliphatic heterocycles. The lowest BCUT2D eigenvalue weighted by Gasteiger charge is -2.11. The van der Waals surface area contributed by atoms with E-state index in [4.69, 9.17) is 0 Å². The molecule has 0 saturated heterocycles. The maximum atomic E-state index is 12.4. The van der Waals surface area contributed by atoms with E-state index in [0.29, 0.717) is 22.7 Å². The molecule has 152 valence electrons. The third-order valence-corrected chi connectivity index (χ3v) is 5.94. The van der Waals surface area contributed by atoms with Crippen LogP contribution in [-0.4, -0.2) is 36.8 Å². The van der Waals surface area contributed by atoms with Gasteiger partial charge in [-0.2, -0.15) is 0 Å². The monoisotopic (exact) mass is 430 g/mol. The fourth-order valence-electron chi connectivity index (χ4n) is 2.55. The van der Waals surface area contributed by atoms with Crippen LogP contribution in [0.4, 0.5) is 10.8 Å². The molecular formula is C19H22N6O2S2. The predicted molar refractivity (Wildman–Crippen MR) is 115 cm³/mol. The van der Waals surface area contributed by atoms with Gasteiger partial charge < -0.3 is 15.2 Å². The number of thioether (sulfide) groups is 1. The van der Waals surface area contributed by atoms with Gasteiger partial charge in [0.15, 0.2) is 10.3 Å². The molecule has 29 heavy (non-hydrogen) atoms. The maximum absolute atomic E-state index is 12.4. The molecule has 0 unspecified atom stereocenters. The largest absolute Gasteiger partial charge is 0.326 e. The number of aryl methyl sites for hydroxylation is 1. The first kappa shape index (κ1) is 21.0. The SMILES string of the molecule is CCn1c(CC(=O)Nc2ccccc2)nnc1S[C@@H](C)C(=O)Nc1nc(C)cs1. The highest BCUT2D eigenvalue weighted by Crippen LogP contribution is 2.24. The van der Waals surface area contributed by atoms with Crippen LogP contribution in [0.2, 0.25) is 0 Å². The molecule has 0 aliphatic carbocycles. The molecule has 2 N–H and O–H groups in total. The Morgan fingerprint density at radius 3 is 2.62 bits per heavy atom. The Kier molecular flexibility index (Phi) is 6.99. The lowest BCUT2D eigenvalue weighted by Crippen LogP contribution is -2.23. The molecule has 8 nitrogen and oxygen atoms in total. The number of nitrogens with zero attached hydrogens (tertiary/aromatic N) is 4. The van der Waals surface area contributed by atoms with Crippen LogP contribution in [0.1, 0.15) is 25.4 Å². The van der Waals surface area contributed by atoms with Gasteiger partial charge in [-0.05, 0) is 32.9 Å². The van der Waals surface area contributed by atoms with Crippen LogP contribution in [0.3, 0.4) is 0 Å². The Morgan fingerprint density at radius 2 is 1.97 bits per heavy atom. The van der Waals surface area contributed by atoms with Crippen LogP contribution >= 0.6 is 23.1 Å². The Balaban J connectivity index is 1.62. The van der Waals surface area contributed by atoms with Crippen molar-refractivity contribution in [3.8, 4) is 0 Å². The van der Waals surface area contributed by atoms with E-state index in [9.17, 15) is 9.59 Å². The Hall–Kier alpha value is -2.72. The number of anilines is 2. The van der Waals surface area contributed by atoms with Crippen molar-refractivity contribution in [1.29, 1.82) is 0 Å². The van der Waals surface area contributed by atoms with Gasteiger partial charge in [-0.3, -0.25) is 9.59 Å². The summed E-state index contributed by atoms with van der Waals surface area (Å²) in [6.07, 6.45) is 0.106. The summed E-state index contributed by atoms with van der Waals surface area (Å²) in [4.78, 5) is 29.0. The zero-order chi connectivity index (χ0) is 20.8. The number of thiazole rings is 1. The van der Waals surface area contributed by atoms with Gasteiger partial charge in [-0.15, -0.1) is 21.5 Å². The fourth-order valence-corrected chi connectivity index (χ4v) is 4.18. The number of aromatic nitrogens is 4. The quantitative estimate of drug-likeness (QED) is 0.531. The minimum atomic E-state index is -0.389. The molecule has 0 spiro atoms. The first-order chi connectivity index (χ1) is 14.0. The second kappa shape index (κ2) is 9.66. The van der Waals surface area contributed by atoms with Gasteiger partial charge >= 0.3 is 0 Å². The predicted octanol–water partition coefficient (Wildman–Crippen LogP) is 3.36. The molecule has 1 aromatic carbocycles. The van der Waals surface area contributed by atoms with Crippen molar-refractivity contribution in [3.63, 3.8) is 0 Å². The molecule has 2 heterocycles. The van der Waals surface area contributed by atoms with Crippen LogP contribution < -0.4 is 10.6 Å². The third-order valence-electron chi connectivity index (χ3n) is 3.99. The standard InChI is InChI=1S/C19H22N6O2S2/c1-4-25-15(10-16(26)21-14-8-6-5-7-9-14)23-24-19(25)29-13(3)17(27)22-18-20-12(2)11-28-18/h5-9,11,13H,4,10H2,1-3H3,(H,21,26)(H,20,22,27)/t13-/m0/s1. The highest BCUT2D eigenvalue weighted by molar-refractivity contribution is 8.00. The van der Waals surface area contributed by atoms with Crippen LogP contribution in [-0.2, 0) is 22.6 Å². The van der Waals surface area contributed by atoms with Gasteiger partial charge in [0.05, 0.1) is 17.4 Å². The number of rotatable bonds is 8. The molecule has 0 aliphatic rings. The number of amides is 2. The highest BCUT2D eigenvalue weighted by atomic mass is 32.2. The number of carbonyl (C=O) groups is 2. The van der Waals surface area contributed by atoms with Gasteiger partial charge in [0.1, 0.15) is 5.82 Å². The van der Waals surface area contributed by atoms with Crippen molar-refractivity contribution in [3.05, 3.63) is 47.2 Å². The first-order valence-electron chi connectivity index (χ1n) is 9.13. The van der Waals surface area contributed by atoms with E-state index in [2.05, 4.69) is 25.8 Å². The number of benzene rings is 1. The second-order valence-electron chi connectivity index (χ2n) is 6.28. The molecule has 10 heteroatoms. The van der Waals surface area contributed by atoms with E-state index in [1.54, 1.807) is 6.92 Å². The van der Waals surface area contributed by atoms with Crippen molar-refractivity contribution in [2.75, 3.05) is 10.6 Å². The van der Waals surface area contributed by atoms with E-state index < -0.39 is 0 Å². The summed E-state index contributed by atoms with van der Waals surface area (Å²) in [5.41, 5.74) is 1.60. The van der Waals surface area contributed by atoms with Gasteiger partial charge in [0.25, 0.3) is 0 Å². The number of carbonyl (C=O) groups excluding carboxylic acids is 2. The number of nitrogens with one attached hydrogen (secondary N) is 2. The van der Waals surface area contributed by atoms with Gasteiger partial charge in [0.2, 0.25) is 11.8 Å². The Bertz CT molecular complexity index is 986. The number of para-hydroxylation sites is 1. The molecule has 0 bridgehead atoms. The lowest BCUT2D eigenvalue weighted by atomic mass is 10.3. The summed E-state index contributed by atoms with van der Waals surface area (Å²) in [6, 6.07) is 9.26. The average molecular weight is 431 g/mol. The molecule has 3 rings (SSSR count). The zero-order valence-corrected chi connectivity index (χ0v) is 18.0. The first-order valence-corrected chi connectivity index (χ1v) is 10.9. The number of hydrogen-bond donors (Lipinski definition) is 2. The van der Waals surface area contributed by atoms with Gasteiger partial charge in [-0.25, -0.2) is 4.98 Å². The summed E-state index contributed by atoms with van der Waals surface area (Å²) in [5, 5.41) is 16.7. The van der Waals surface area contributed by atoms with Crippen molar-refractivity contribution in [2.24, 2.45) is 0 Å². The third kappa shape index (κ3) is 5.64. The summed E-state index contributed by atoms with van der Waals surface area (Å²) in [7, 11) is 0. The number of hydrogen-bond acceptors (Lipinski definition) is 7. The molecule has 3 aromatic rings.